The minimum atomic E-state index is -0.173. The Hall–Kier alpha value is -1.55. The first kappa shape index (κ1) is 10.6. The van der Waals surface area contributed by atoms with Crippen LogP contribution in [0, 0.1) is 0 Å². The molecule has 2 saturated heterocycles. The second-order valence-electron chi connectivity index (χ2n) is 4.69. The fourth-order valence-corrected chi connectivity index (χ4v) is 2.66. The normalized spacial score (nSPS) is 26.8. The number of benzene rings is 1. The number of likely N-dealkylation sites (tertiary alicyclic amines) is 1. The molecule has 1 amide bonds. The van der Waals surface area contributed by atoms with E-state index >= 15 is 0 Å². The third-order valence-corrected chi connectivity index (χ3v) is 3.65. The van der Waals surface area contributed by atoms with Crippen molar-refractivity contribution < 1.29 is 9.53 Å². The zero-order valence-electron chi connectivity index (χ0n) is 9.63. The molecule has 1 aromatic rings. The molecule has 4 nitrogen and oxygen atoms in total. The van der Waals surface area contributed by atoms with Gasteiger partial charge in [-0.3, -0.25) is 4.79 Å². The molecule has 0 aliphatic carbocycles. The molecule has 0 saturated carbocycles. The Morgan fingerprint density at radius 1 is 1.41 bits per heavy atom. The van der Waals surface area contributed by atoms with Crippen molar-refractivity contribution in [3.63, 3.8) is 0 Å². The van der Waals surface area contributed by atoms with E-state index in [9.17, 15) is 4.79 Å². The maximum atomic E-state index is 11.8. The highest BCUT2D eigenvalue weighted by Crippen LogP contribution is 2.29. The molecule has 2 aliphatic rings. The number of fused-ring (bicyclic) bond motifs is 2. The van der Waals surface area contributed by atoms with Crippen molar-refractivity contribution in [2.45, 2.75) is 25.0 Å². The van der Waals surface area contributed by atoms with Gasteiger partial charge < -0.3 is 15.4 Å². The van der Waals surface area contributed by atoms with Gasteiger partial charge in [0.1, 0.15) is 6.10 Å². The van der Waals surface area contributed by atoms with Crippen molar-refractivity contribution in [3.8, 4) is 0 Å². The maximum Gasteiger partial charge on any atom is 0.252 e. The number of nitrogens with two attached hydrogens (primary N) is 1. The number of nitrogens with zero attached hydrogens (tertiary/aromatic N) is 1. The van der Waals surface area contributed by atoms with Crippen molar-refractivity contribution in [1.29, 1.82) is 0 Å². The zero-order valence-corrected chi connectivity index (χ0v) is 9.63. The summed E-state index contributed by atoms with van der Waals surface area (Å²) in [5.41, 5.74) is 7.81. The topological polar surface area (TPSA) is 55.6 Å². The first-order chi connectivity index (χ1) is 8.25. The third-order valence-electron chi connectivity index (χ3n) is 3.65. The van der Waals surface area contributed by atoms with Crippen LogP contribution in [0.5, 0.6) is 0 Å². The maximum absolute atomic E-state index is 11.8. The van der Waals surface area contributed by atoms with Gasteiger partial charge in [0.05, 0.1) is 12.6 Å². The largest absolute Gasteiger partial charge is 0.399 e. The lowest BCUT2D eigenvalue weighted by molar-refractivity contribution is -0.143. The molecule has 2 unspecified atom stereocenters. The number of ether oxygens (including phenoxy) is 1. The van der Waals surface area contributed by atoms with Crippen LogP contribution < -0.4 is 5.73 Å². The number of rotatable bonds is 3. The smallest absolute Gasteiger partial charge is 0.252 e. The lowest BCUT2D eigenvalue weighted by Gasteiger charge is -2.27. The number of anilines is 1. The first-order valence-electron chi connectivity index (χ1n) is 6.01. The summed E-state index contributed by atoms with van der Waals surface area (Å²) in [4.78, 5) is 13.8. The summed E-state index contributed by atoms with van der Waals surface area (Å²) in [5.74, 6) is 0.149. The molecule has 2 fully saturated rings. The number of morpholine rings is 1. The molecule has 90 valence electrons. The number of nitrogen functional groups attached to an aromatic ring is 1. The Kier molecular flexibility index (Phi) is 2.52. The minimum absolute atomic E-state index is 0.149. The Bertz CT molecular complexity index is 447. The van der Waals surface area contributed by atoms with Crippen LogP contribution >= 0.6 is 0 Å². The molecule has 2 N–H and O–H groups in total. The van der Waals surface area contributed by atoms with E-state index in [2.05, 4.69) is 0 Å². The van der Waals surface area contributed by atoms with Gasteiger partial charge in [0.15, 0.2) is 0 Å². The van der Waals surface area contributed by atoms with E-state index < -0.39 is 0 Å². The number of para-hydroxylation sites is 1. The third kappa shape index (κ3) is 1.78. The SMILES string of the molecule is Nc1ccccc1CCN1C(=O)C2CC1CO2. The van der Waals surface area contributed by atoms with Crippen molar-refractivity contribution in [1.82, 2.24) is 4.90 Å². The lowest BCUT2D eigenvalue weighted by Crippen LogP contribution is -2.42. The summed E-state index contributed by atoms with van der Waals surface area (Å²) >= 11 is 0. The van der Waals surface area contributed by atoms with Gasteiger partial charge in [0.2, 0.25) is 0 Å². The van der Waals surface area contributed by atoms with Crippen LogP contribution in [0.4, 0.5) is 5.69 Å². The monoisotopic (exact) mass is 232 g/mol. The van der Waals surface area contributed by atoms with Gasteiger partial charge in [0.25, 0.3) is 5.91 Å². The Morgan fingerprint density at radius 3 is 2.94 bits per heavy atom. The van der Waals surface area contributed by atoms with Crippen molar-refractivity contribution in [2.75, 3.05) is 18.9 Å². The van der Waals surface area contributed by atoms with Crippen LogP contribution in [-0.2, 0) is 16.0 Å². The highest BCUT2D eigenvalue weighted by molar-refractivity contribution is 5.84. The van der Waals surface area contributed by atoms with Gasteiger partial charge in [-0.15, -0.1) is 0 Å². The Balaban J connectivity index is 1.66. The van der Waals surface area contributed by atoms with E-state index in [0.29, 0.717) is 6.61 Å². The average molecular weight is 232 g/mol. The van der Waals surface area contributed by atoms with E-state index in [1.807, 2.05) is 29.2 Å². The standard InChI is InChI=1S/C13H16N2O2/c14-11-4-2-1-3-9(11)5-6-15-10-7-12(13(15)16)17-8-10/h1-4,10,12H,5-8,14H2. The highest BCUT2D eigenvalue weighted by atomic mass is 16.5. The molecule has 2 heterocycles. The molecular formula is C13H16N2O2. The fourth-order valence-electron chi connectivity index (χ4n) is 2.66. The predicted octanol–water partition coefficient (Wildman–Crippen LogP) is 0.811. The van der Waals surface area contributed by atoms with Crippen molar-refractivity contribution >= 4 is 11.6 Å². The van der Waals surface area contributed by atoms with Crippen LogP contribution in [0.3, 0.4) is 0 Å². The van der Waals surface area contributed by atoms with Crippen LogP contribution in [0.2, 0.25) is 0 Å². The van der Waals surface area contributed by atoms with E-state index in [1.165, 1.54) is 0 Å². The zero-order chi connectivity index (χ0) is 11.8. The predicted molar refractivity (Wildman–Crippen MR) is 64.4 cm³/mol. The first-order valence-corrected chi connectivity index (χ1v) is 6.01. The van der Waals surface area contributed by atoms with Crippen molar-refractivity contribution in [2.24, 2.45) is 0 Å². The van der Waals surface area contributed by atoms with Crippen LogP contribution in [0.1, 0.15) is 12.0 Å². The number of carbonyl (C=O) groups excluding carboxylic acids is 1. The van der Waals surface area contributed by atoms with Crippen LogP contribution in [-0.4, -0.2) is 36.1 Å². The molecule has 0 radical (unpaired) electrons. The van der Waals surface area contributed by atoms with E-state index in [-0.39, 0.29) is 18.1 Å². The average Bonchev–Trinajstić information content (AvgIpc) is 2.90. The highest BCUT2D eigenvalue weighted by Gasteiger charge is 2.45. The number of hydrogen-bond donors (Lipinski definition) is 1. The minimum Gasteiger partial charge on any atom is -0.399 e. The molecule has 0 spiro atoms. The summed E-state index contributed by atoms with van der Waals surface area (Å²) in [5, 5.41) is 0. The van der Waals surface area contributed by atoms with E-state index in [0.717, 1.165) is 30.6 Å². The van der Waals surface area contributed by atoms with Crippen LogP contribution in [0.25, 0.3) is 0 Å². The molecule has 0 aromatic heterocycles. The van der Waals surface area contributed by atoms with Gasteiger partial charge in [-0.2, -0.15) is 0 Å². The number of hydrogen-bond acceptors (Lipinski definition) is 3. The molecule has 2 atom stereocenters. The quantitative estimate of drug-likeness (QED) is 0.785. The number of carbonyl (C=O) groups is 1. The molecule has 4 heteroatoms. The van der Waals surface area contributed by atoms with Crippen LogP contribution in [0.15, 0.2) is 24.3 Å². The molecule has 17 heavy (non-hydrogen) atoms. The molecule has 1 aromatic carbocycles. The summed E-state index contributed by atoms with van der Waals surface area (Å²) in [7, 11) is 0. The van der Waals surface area contributed by atoms with Gasteiger partial charge in [0, 0.05) is 18.7 Å². The Labute approximate surface area is 100 Å². The Morgan fingerprint density at radius 2 is 2.24 bits per heavy atom. The van der Waals surface area contributed by atoms with Gasteiger partial charge in [-0.25, -0.2) is 0 Å². The van der Waals surface area contributed by atoms with E-state index in [4.69, 9.17) is 10.5 Å². The van der Waals surface area contributed by atoms with E-state index in [1.54, 1.807) is 0 Å². The summed E-state index contributed by atoms with van der Waals surface area (Å²) in [6, 6.07) is 8.11. The summed E-state index contributed by atoms with van der Waals surface area (Å²) in [6.07, 6.45) is 1.51. The second-order valence-corrected chi connectivity index (χ2v) is 4.69. The van der Waals surface area contributed by atoms with Gasteiger partial charge in [-0.05, 0) is 18.1 Å². The van der Waals surface area contributed by atoms with Gasteiger partial charge in [-0.1, -0.05) is 18.2 Å². The molecular weight excluding hydrogens is 216 g/mol. The molecule has 2 bridgehead atoms. The fraction of sp³-hybridized carbons (Fsp3) is 0.462. The lowest BCUT2D eigenvalue weighted by atomic mass is 10.1. The summed E-state index contributed by atoms with van der Waals surface area (Å²) in [6.45, 7) is 1.44. The number of amides is 1. The van der Waals surface area contributed by atoms with Crippen molar-refractivity contribution in [3.05, 3.63) is 29.8 Å². The molecule has 3 rings (SSSR count). The summed E-state index contributed by atoms with van der Waals surface area (Å²) < 4.78 is 5.35. The van der Waals surface area contributed by atoms with Gasteiger partial charge >= 0.3 is 0 Å². The second kappa shape index (κ2) is 4.04. The molecule has 2 aliphatic heterocycles.